The third kappa shape index (κ3) is 55.5. The number of unbranched alkanes of at least 4 members (excludes halogenated alkanes) is 43. The van der Waals surface area contributed by atoms with Crippen LogP contribution in [-0.2, 0) is 14.3 Å². The number of ether oxygens (including phenoxy) is 1. The molecular weight excluding hydrogens is 851 g/mol. The number of allylic oxidation sites excluding steroid dienone is 4. The molecule has 0 aliphatic carbocycles. The van der Waals surface area contributed by atoms with Crippen LogP contribution in [0.25, 0.3) is 0 Å². The Balaban J connectivity index is 3.39. The van der Waals surface area contributed by atoms with Crippen LogP contribution in [0.5, 0.6) is 0 Å². The highest BCUT2D eigenvalue weighted by atomic mass is 16.5. The molecule has 2 atom stereocenters. The van der Waals surface area contributed by atoms with Crippen LogP contribution in [0.3, 0.4) is 0 Å². The highest BCUT2D eigenvalue weighted by Gasteiger charge is 2.20. The van der Waals surface area contributed by atoms with Gasteiger partial charge in [0, 0.05) is 12.8 Å². The molecule has 0 saturated carbocycles. The maximum Gasteiger partial charge on any atom is 0.305 e. The molecular formula is C63H121NO5. The number of esters is 1. The Kier molecular flexibility index (Phi) is 57.5. The van der Waals surface area contributed by atoms with Crippen molar-refractivity contribution < 1.29 is 24.5 Å². The highest BCUT2D eigenvalue weighted by Crippen LogP contribution is 2.17. The number of hydrogen-bond acceptors (Lipinski definition) is 5. The maximum absolute atomic E-state index is 12.5. The molecule has 0 rings (SSSR count). The van der Waals surface area contributed by atoms with E-state index in [1.54, 1.807) is 0 Å². The van der Waals surface area contributed by atoms with Crippen LogP contribution >= 0.6 is 0 Å². The second kappa shape index (κ2) is 58.9. The van der Waals surface area contributed by atoms with Crippen LogP contribution in [0, 0.1) is 0 Å². The number of amides is 1. The van der Waals surface area contributed by atoms with Gasteiger partial charge in [-0.2, -0.15) is 0 Å². The summed E-state index contributed by atoms with van der Waals surface area (Å²) in [6.45, 7) is 4.95. The van der Waals surface area contributed by atoms with Gasteiger partial charge in [0.15, 0.2) is 0 Å². The topological polar surface area (TPSA) is 95.9 Å². The molecule has 6 heteroatoms. The maximum atomic E-state index is 12.5. The van der Waals surface area contributed by atoms with E-state index in [0.29, 0.717) is 25.9 Å². The minimum atomic E-state index is -0.666. The summed E-state index contributed by atoms with van der Waals surface area (Å²) < 4.78 is 5.48. The Labute approximate surface area is 431 Å². The van der Waals surface area contributed by atoms with Gasteiger partial charge in [0.25, 0.3) is 0 Å². The third-order valence-electron chi connectivity index (χ3n) is 14.5. The largest absolute Gasteiger partial charge is 0.466 e. The summed E-state index contributed by atoms with van der Waals surface area (Å²) in [6, 6.07) is -0.544. The predicted molar refractivity (Wildman–Crippen MR) is 301 cm³/mol. The second-order valence-electron chi connectivity index (χ2n) is 21.4. The number of carbonyl (C=O) groups is 2. The number of carbonyl (C=O) groups excluding carboxylic acids is 2. The van der Waals surface area contributed by atoms with Crippen molar-refractivity contribution in [2.24, 2.45) is 0 Å². The molecule has 0 fully saturated rings. The molecule has 0 aliphatic heterocycles. The second-order valence-corrected chi connectivity index (χ2v) is 21.4. The zero-order chi connectivity index (χ0) is 50.0. The van der Waals surface area contributed by atoms with Gasteiger partial charge in [-0.05, 0) is 77.0 Å². The van der Waals surface area contributed by atoms with Crippen molar-refractivity contribution in [1.82, 2.24) is 5.32 Å². The van der Waals surface area contributed by atoms with Gasteiger partial charge in [0.2, 0.25) is 5.91 Å². The lowest BCUT2D eigenvalue weighted by Gasteiger charge is -2.22. The Bertz CT molecular complexity index is 1080. The highest BCUT2D eigenvalue weighted by molar-refractivity contribution is 5.76. The summed E-state index contributed by atoms with van der Waals surface area (Å²) in [5.74, 6) is -0.0337. The number of nitrogens with one attached hydrogen (secondary N) is 1. The molecule has 0 radical (unpaired) electrons. The predicted octanol–water partition coefficient (Wildman–Crippen LogP) is 19.4. The standard InChI is InChI=1S/C63H121NO5/c1-3-5-7-9-11-13-15-17-28-33-37-41-45-49-53-57-63(68)69-58-54-50-46-42-38-34-30-27-25-23-21-19-18-20-22-24-26-29-32-36-40-44-48-52-56-62(67)64-60(59-65)61(66)55-51-47-43-39-35-31-16-14-12-10-8-6-4-2/h17,20,22,28,60-61,65-66H,3-16,18-19,21,23-27,29-59H2,1-2H3,(H,64,67)/b22-20-,28-17-. The smallest absolute Gasteiger partial charge is 0.305 e. The first kappa shape index (κ1) is 67.3. The molecule has 0 heterocycles. The normalized spacial score (nSPS) is 12.7. The minimum absolute atomic E-state index is 0.00489. The van der Waals surface area contributed by atoms with E-state index in [-0.39, 0.29) is 18.5 Å². The molecule has 0 aromatic heterocycles. The Hall–Kier alpha value is -1.66. The Morgan fingerprint density at radius 2 is 0.681 bits per heavy atom. The molecule has 0 bridgehead atoms. The SMILES string of the molecule is CCCCCCCC/C=C\CCCCCCCC(=O)OCCCCCCCCCCCCCC/C=C\CCCCCCCCCCC(=O)NC(CO)C(O)CCCCCCCCCCCCCCC. The number of aliphatic hydroxyl groups is 2. The van der Waals surface area contributed by atoms with Crippen molar-refractivity contribution in [2.75, 3.05) is 13.2 Å². The lowest BCUT2D eigenvalue weighted by molar-refractivity contribution is -0.143. The van der Waals surface area contributed by atoms with Crippen molar-refractivity contribution in [2.45, 2.75) is 353 Å². The van der Waals surface area contributed by atoms with E-state index in [9.17, 15) is 19.8 Å². The average Bonchev–Trinajstić information content (AvgIpc) is 3.35. The third-order valence-corrected chi connectivity index (χ3v) is 14.5. The molecule has 0 aromatic rings. The van der Waals surface area contributed by atoms with E-state index in [2.05, 4.69) is 43.5 Å². The van der Waals surface area contributed by atoms with E-state index >= 15 is 0 Å². The Morgan fingerprint density at radius 1 is 0.391 bits per heavy atom. The molecule has 1 amide bonds. The van der Waals surface area contributed by atoms with Gasteiger partial charge in [-0.25, -0.2) is 0 Å². The van der Waals surface area contributed by atoms with Gasteiger partial charge in [-0.1, -0.05) is 276 Å². The molecule has 0 aromatic carbocycles. The van der Waals surface area contributed by atoms with Crippen LogP contribution in [0.4, 0.5) is 0 Å². The zero-order valence-corrected chi connectivity index (χ0v) is 46.6. The molecule has 3 N–H and O–H groups in total. The van der Waals surface area contributed by atoms with Crippen molar-refractivity contribution in [3.05, 3.63) is 24.3 Å². The van der Waals surface area contributed by atoms with Gasteiger partial charge in [0.05, 0.1) is 25.4 Å². The van der Waals surface area contributed by atoms with Crippen molar-refractivity contribution in [3.63, 3.8) is 0 Å². The van der Waals surface area contributed by atoms with Gasteiger partial charge in [-0.3, -0.25) is 9.59 Å². The monoisotopic (exact) mass is 972 g/mol. The zero-order valence-electron chi connectivity index (χ0n) is 46.6. The first-order chi connectivity index (χ1) is 34.0. The first-order valence-corrected chi connectivity index (χ1v) is 31.1. The molecule has 0 aliphatic rings. The Morgan fingerprint density at radius 3 is 1.03 bits per heavy atom. The van der Waals surface area contributed by atoms with Gasteiger partial charge < -0.3 is 20.3 Å². The lowest BCUT2D eigenvalue weighted by Crippen LogP contribution is -2.45. The molecule has 69 heavy (non-hydrogen) atoms. The van der Waals surface area contributed by atoms with Crippen LogP contribution in [-0.4, -0.2) is 47.4 Å². The van der Waals surface area contributed by atoms with Crippen LogP contribution in [0.2, 0.25) is 0 Å². The minimum Gasteiger partial charge on any atom is -0.466 e. The van der Waals surface area contributed by atoms with Crippen molar-refractivity contribution >= 4 is 11.9 Å². The molecule has 0 spiro atoms. The fourth-order valence-corrected chi connectivity index (χ4v) is 9.69. The molecule has 408 valence electrons. The summed E-state index contributed by atoms with van der Waals surface area (Å²) in [4.78, 5) is 24.5. The van der Waals surface area contributed by atoms with Crippen LogP contribution < -0.4 is 5.32 Å². The van der Waals surface area contributed by atoms with E-state index in [4.69, 9.17) is 4.74 Å². The number of hydrogen-bond donors (Lipinski definition) is 3. The van der Waals surface area contributed by atoms with Crippen LogP contribution in [0.15, 0.2) is 24.3 Å². The summed E-state index contributed by atoms with van der Waals surface area (Å²) in [5.41, 5.74) is 0. The quantitative estimate of drug-likeness (QED) is 0.0321. The van der Waals surface area contributed by atoms with Gasteiger partial charge in [0.1, 0.15) is 0 Å². The van der Waals surface area contributed by atoms with E-state index in [1.165, 1.54) is 263 Å². The fourth-order valence-electron chi connectivity index (χ4n) is 9.69. The molecule has 6 nitrogen and oxygen atoms in total. The number of rotatable bonds is 58. The van der Waals surface area contributed by atoms with E-state index in [1.807, 2.05) is 0 Å². The molecule has 2 unspecified atom stereocenters. The lowest BCUT2D eigenvalue weighted by atomic mass is 10.0. The molecule has 0 saturated heterocycles. The average molecular weight is 973 g/mol. The van der Waals surface area contributed by atoms with Crippen molar-refractivity contribution in [3.8, 4) is 0 Å². The number of aliphatic hydroxyl groups excluding tert-OH is 2. The summed E-state index contributed by atoms with van der Waals surface area (Å²) in [7, 11) is 0. The van der Waals surface area contributed by atoms with Crippen molar-refractivity contribution in [1.29, 1.82) is 0 Å². The summed E-state index contributed by atoms with van der Waals surface area (Å²) in [6.07, 6.45) is 71.9. The summed E-state index contributed by atoms with van der Waals surface area (Å²) >= 11 is 0. The van der Waals surface area contributed by atoms with E-state index in [0.717, 1.165) is 44.9 Å². The van der Waals surface area contributed by atoms with E-state index < -0.39 is 12.1 Å². The fraction of sp³-hybridized carbons (Fsp3) is 0.905. The summed E-state index contributed by atoms with van der Waals surface area (Å²) in [5, 5.41) is 23.2. The van der Waals surface area contributed by atoms with Crippen LogP contribution in [0.1, 0.15) is 341 Å². The first-order valence-electron chi connectivity index (χ1n) is 31.1. The van der Waals surface area contributed by atoms with Gasteiger partial charge >= 0.3 is 5.97 Å². The van der Waals surface area contributed by atoms with Gasteiger partial charge in [-0.15, -0.1) is 0 Å².